The van der Waals surface area contributed by atoms with Crippen LogP contribution >= 0.6 is 0 Å². The zero-order valence-electron chi connectivity index (χ0n) is 12.2. The van der Waals surface area contributed by atoms with Crippen molar-refractivity contribution in [1.29, 1.82) is 0 Å². The lowest BCUT2D eigenvalue weighted by molar-refractivity contribution is 0.219. The summed E-state index contributed by atoms with van der Waals surface area (Å²) in [5, 5.41) is 13.0. The second-order valence-corrected chi connectivity index (χ2v) is 5.23. The molecule has 0 spiro atoms. The summed E-state index contributed by atoms with van der Waals surface area (Å²) in [6.07, 6.45) is -0.625. The van der Waals surface area contributed by atoms with Crippen molar-refractivity contribution in [2.24, 2.45) is 0 Å². The molecular weight excluding hydrogens is 260 g/mol. The summed E-state index contributed by atoms with van der Waals surface area (Å²) in [6, 6.07) is 20.0. The third-order valence-electron chi connectivity index (χ3n) is 3.86. The van der Waals surface area contributed by atoms with Gasteiger partial charge in [0, 0.05) is 0 Å². The predicted molar refractivity (Wildman–Crippen MR) is 85.7 cm³/mol. The fourth-order valence-electron chi connectivity index (χ4n) is 2.64. The van der Waals surface area contributed by atoms with Gasteiger partial charge in [-0.15, -0.1) is 0 Å². The van der Waals surface area contributed by atoms with Crippen LogP contribution in [0.3, 0.4) is 0 Å². The Labute approximate surface area is 124 Å². The number of rotatable bonds is 3. The molecule has 2 nitrogen and oxygen atoms in total. The van der Waals surface area contributed by atoms with E-state index in [1.165, 1.54) is 5.39 Å². The first-order chi connectivity index (χ1) is 10.2. The van der Waals surface area contributed by atoms with Crippen LogP contribution in [0.15, 0.2) is 60.7 Å². The Kier molecular flexibility index (Phi) is 3.63. The maximum Gasteiger partial charge on any atom is 0.119 e. The predicted octanol–water partition coefficient (Wildman–Crippen LogP) is 4.24. The van der Waals surface area contributed by atoms with Crippen LogP contribution in [0.5, 0.6) is 5.75 Å². The van der Waals surface area contributed by atoms with E-state index in [-0.39, 0.29) is 0 Å². The first kappa shape index (κ1) is 13.7. The van der Waals surface area contributed by atoms with Crippen LogP contribution in [0.25, 0.3) is 10.8 Å². The first-order valence-corrected chi connectivity index (χ1v) is 7.00. The number of aliphatic hydroxyl groups excluding tert-OH is 1. The monoisotopic (exact) mass is 278 g/mol. The van der Waals surface area contributed by atoms with Crippen molar-refractivity contribution in [3.63, 3.8) is 0 Å². The second-order valence-electron chi connectivity index (χ2n) is 5.23. The van der Waals surface area contributed by atoms with Crippen molar-refractivity contribution in [3.05, 3.63) is 77.4 Å². The van der Waals surface area contributed by atoms with Gasteiger partial charge in [-0.2, -0.15) is 0 Å². The molecule has 0 aliphatic carbocycles. The molecule has 0 saturated carbocycles. The number of aliphatic hydroxyl groups is 1. The largest absolute Gasteiger partial charge is 0.497 e. The number of methoxy groups -OCH3 is 1. The fourth-order valence-corrected chi connectivity index (χ4v) is 2.64. The lowest BCUT2D eigenvalue weighted by atomic mass is 9.95. The van der Waals surface area contributed by atoms with Crippen molar-refractivity contribution >= 4 is 10.8 Å². The average Bonchev–Trinajstić information content (AvgIpc) is 2.53. The van der Waals surface area contributed by atoms with Gasteiger partial charge in [-0.1, -0.05) is 42.5 Å². The Morgan fingerprint density at radius 1 is 0.905 bits per heavy atom. The van der Waals surface area contributed by atoms with Gasteiger partial charge < -0.3 is 9.84 Å². The van der Waals surface area contributed by atoms with E-state index in [0.717, 1.165) is 27.8 Å². The summed E-state index contributed by atoms with van der Waals surface area (Å²) < 4.78 is 5.21. The molecule has 2 heteroatoms. The molecule has 21 heavy (non-hydrogen) atoms. The highest BCUT2D eigenvalue weighted by Crippen LogP contribution is 2.29. The molecule has 0 radical (unpaired) electrons. The molecule has 0 amide bonds. The quantitative estimate of drug-likeness (QED) is 0.776. The van der Waals surface area contributed by atoms with Crippen LogP contribution in [0.1, 0.15) is 22.8 Å². The van der Waals surface area contributed by atoms with Crippen LogP contribution in [0, 0.1) is 6.92 Å². The van der Waals surface area contributed by atoms with E-state index in [1.54, 1.807) is 7.11 Å². The molecule has 0 saturated heterocycles. The van der Waals surface area contributed by atoms with Crippen molar-refractivity contribution in [1.82, 2.24) is 0 Å². The van der Waals surface area contributed by atoms with Crippen molar-refractivity contribution in [2.45, 2.75) is 13.0 Å². The highest BCUT2D eigenvalue weighted by Gasteiger charge is 2.13. The Balaban J connectivity index is 2.01. The van der Waals surface area contributed by atoms with Gasteiger partial charge in [0.25, 0.3) is 0 Å². The van der Waals surface area contributed by atoms with Crippen LogP contribution < -0.4 is 4.74 Å². The fraction of sp³-hybridized carbons (Fsp3) is 0.158. The first-order valence-electron chi connectivity index (χ1n) is 7.00. The lowest BCUT2D eigenvalue weighted by Crippen LogP contribution is -2.02. The minimum absolute atomic E-state index is 0.625. The summed E-state index contributed by atoms with van der Waals surface area (Å²) in [5.41, 5.74) is 2.84. The molecule has 0 aliphatic rings. The maximum atomic E-state index is 10.7. The van der Waals surface area contributed by atoms with Gasteiger partial charge in [-0.25, -0.2) is 0 Å². The van der Waals surface area contributed by atoms with Gasteiger partial charge in [0.1, 0.15) is 11.9 Å². The van der Waals surface area contributed by atoms with Gasteiger partial charge >= 0.3 is 0 Å². The Morgan fingerprint density at radius 2 is 1.67 bits per heavy atom. The molecule has 0 aromatic heterocycles. The SMILES string of the molecule is COc1ccc(C(O)c2ccc3ccccc3c2)c(C)c1. The number of hydrogen-bond donors (Lipinski definition) is 1. The number of ether oxygens (including phenoxy) is 1. The maximum absolute atomic E-state index is 10.7. The van der Waals surface area contributed by atoms with Gasteiger partial charge in [-0.3, -0.25) is 0 Å². The summed E-state index contributed by atoms with van der Waals surface area (Å²) in [4.78, 5) is 0. The molecule has 0 bridgehead atoms. The standard InChI is InChI=1S/C19H18O2/c1-13-11-17(21-2)9-10-18(13)19(20)16-8-7-14-5-3-4-6-15(14)12-16/h3-12,19-20H,1-2H3. The summed E-state index contributed by atoms with van der Waals surface area (Å²) in [5.74, 6) is 0.807. The Hall–Kier alpha value is -2.32. The van der Waals surface area contributed by atoms with Crippen LogP contribution in [0.2, 0.25) is 0 Å². The third kappa shape index (κ3) is 2.63. The number of fused-ring (bicyclic) bond motifs is 1. The van der Waals surface area contributed by atoms with E-state index >= 15 is 0 Å². The minimum Gasteiger partial charge on any atom is -0.497 e. The zero-order chi connectivity index (χ0) is 14.8. The number of hydrogen-bond acceptors (Lipinski definition) is 2. The molecule has 1 atom stereocenters. The highest BCUT2D eigenvalue weighted by molar-refractivity contribution is 5.83. The topological polar surface area (TPSA) is 29.5 Å². The summed E-state index contributed by atoms with van der Waals surface area (Å²) >= 11 is 0. The molecule has 106 valence electrons. The van der Waals surface area contributed by atoms with Gasteiger partial charge in [-0.05, 0) is 52.6 Å². The van der Waals surface area contributed by atoms with E-state index < -0.39 is 6.10 Å². The number of benzene rings is 3. The van der Waals surface area contributed by atoms with Crippen LogP contribution in [-0.2, 0) is 0 Å². The third-order valence-corrected chi connectivity index (χ3v) is 3.86. The van der Waals surface area contributed by atoms with Crippen LogP contribution in [0.4, 0.5) is 0 Å². The molecule has 3 aromatic rings. The van der Waals surface area contributed by atoms with E-state index in [4.69, 9.17) is 4.74 Å². The van der Waals surface area contributed by atoms with E-state index in [1.807, 2.05) is 55.5 Å². The van der Waals surface area contributed by atoms with Gasteiger partial charge in [0.05, 0.1) is 7.11 Å². The molecule has 0 aliphatic heterocycles. The normalized spacial score (nSPS) is 12.3. The molecule has 1 unspecified atom stereocenters. The van der Waals surface area contributed by atoms with E-state index in [0.29, 0.717) is 0 Å². The van der Waals surface area contributed by atoms with Crippen molar-refractivity contribution in [2.75, 3.05) is 7.11 Å². The molecular formula is C19H18O2. The second kappa shape index (κ2) is 5.58. The highest BCUT2D eigenvalue weighted by atomic mass is 16.5. The van der Waals surface area contributed by atoms with Crippen molar-refractivity contribution < 1.29 is 9.84 Å². The van der Waals surface area contributed by atoms with Gasteiger partial charge in [0.15, 0.2) is 0 Å². The Morgan fingerprint density at radius 3 is 2.38 bits per heavy atom. The molecule has 3 rings (SSSR count). The minimum atomic E-state index is -0.625. The molecule has 0 fully saturated rings. The average molecular weight is 278 g/mol. The van der Waals surface area contributed by atoms with E-state index in [2.05, 4.69) is 12.1 Å². The van der Waals surface area contributed by atoms with Crippen molar-refractivity contribution in [3.8, 4) is 5.75 Å². The number of aryl methyl sites for hydroxylation is 1. The summed E-state index contributed by atoms with van der Waals surface area (Å²) in [6.45, 7) is 1.99. The molecule has 3 aromatic carbocycles. The molecule has 1 N–H and O–H groups in total. The zero-order valence-corrected chi connectivity index (χ0v) is 12.2. The lowest BCUT2D eigenvalue weighted by Gasteiger charge is -2.15. The van der Waals surface area contributed by atoms with Crippen LogP contribution in [-0.4, -0.2) is 12.2 Å². The smallest absolute Gasteiger partial charge is 0.119 e. The Bertz CT molecular complexity index is 777. The van der Waals surface area contributed by atoms with Gasteiger partial charge in [0.2, 0.25) is 0 Å². The van der Waals surface area contributed by atoms with E-state index in [9.17, 15) is 5.11 Å². The summed E-state index contributed by atoms with van der Waals surface area (Å²) in [7, 11) is 1.65. The molecule has 0 heterocycles.